The standard InChI is InChI=1S/C12H14N2O3/c1-2-16-11(15)6-4-9-3-5-10-12(14-9)13-7-8-17-10/h3-6H,2,7-8H2,1H3,(H,13,14)/b6-4+. The van der Waals surface area contributed by atoms with Gasteiger partial charge in [-0.2, -0.15) is 0 Å². The molecule has 0 bridgehead atoms. The number of nitrogens with zero attached hydrogens (tertiary/aromatic N) is 1. The van der Waals surface area contributed by atoms with Gasteiger partial charge in [-0.1, -0.05) is 0 Å². The van der Waals surface area contributed by atoms with Crippen molar-refractivity contribution in [2.75, 3.05) is 25.1 Å². The van der Waals surface area contributed by atoms with E-state index in [1.807, 2.05) is 6.07 Å². The van der Waals surface area contributed by atoms with Crippen molar-refractivity contribution in [2.45, 2.75) is 6.92 Å². The van der Waals surface area contributed by atoms with E-state index in [2.05, 4.69) is 10.3 Å². The van der Waals surface area contributed by atoms with Gasteiger partial charge in [0.1, 0.15) is 6.61 Å². The Bertz CT molecular complexity index is 443. The van der Waals surface area contributed by atoms with E-state index in [1.54, 1.807) is 19.1 Å². The first-order chi connectivity index (χ1) is 8.29. The highest BCUT2D eigenvalue weighted by Crippen LogP contribution is 2.24. The lowest BCUT2D eigenvalue weighted by Crippen LogP contribution is -2.19. The maximum absolute atomic E-state index is 11.1. The summed E-state index contributed by atoms with van der Waals surface area (Å²) >= 11 is 0. The number of fused-ring (bicyclic) bond motifs is 1. The molecule has 5 nitrogen and oxygen atoms in total. The molecule has 0 fully saturated rings. The van der Waals surface area contributed by atoms with Crippen LogP contribution in [-0.4, -0.2) is 30.7 Å². The van der Waals surface area contributed by atoms with Crippen LogP contribution in [0.1, 0.15) is 12.6 Å². The highest BCUT2D eigenvalue weighted by molar-refractivity contribution is 5.86. The van der Waals surface area contributed by atoms with Gasteiger partial charge in [-0.15, -0.1) is 0 Å². The predicted molar refractivity (Wildman–Crippen MR) is 63.9 cm³/mol. The second kappa shape index (κ2) is 5.34. The third-order valence-electron chi connectivity index (χ3n) is 2.21. The Morgan fingerprint density at radius 1 is 1.65 bits per heavy atom. The highest BCUT2D eigenvalue weighted by Gasteiger charge is 2.10. The minimum Gasteiger partial charge on any atom is -0.488 e. The number of hydrogen-bond acceptors (Lipinski definition) is 5. The van der Waals surface area contributed by atoms with Crippen molar-refractivity contribution in [3.63, 3.8) is 0 Å². The molecule has 0 aliphatic carbocycles. The largest absolute Gasteiger partial charge is 0.488 e. The quantitative estimate of drug-likeness (QED) is 0.633. The summed E-state index contributed by atoms with van der Waals surface area (Å²) in [6.07, 6.45) is 2.98. The molecule has 0 saturated carbocycles. The molecule has 0 amide bonds. The van der Waals surface area contributed by atoms with E-state index < -0.39 is 0 Å². The number of nitrogens with one attached hydrogen (secondary N) is 1. The van der Waals surface area contributed by atoms with Gasteiger partial charge >= 0.3 is 5.97 Å². The monoisotopic (exact) mass is 234 g/mol. The zero-order chi connectivity index (χ0) is 12.1. The van der Waals surface area contributed by atoms with Crippen LogP contribution in [0.3, 0.4) is 0 Å². The summed E-state index contributed by atoms with van der Waals surface area (Å²) in [5, 5.41) is 3.13. The topological polar surface area (TPSA) is 60.5 Å². The van der Waals surface area contributed by atoms with Crippen molar-refractivity contribution in [1.29, 1.82) is 0 Å². The molecule has 1 aliphatic heterocycles. The summed E-state index contributed by atoms with van der Waals surface area (Å²) in [6.45, 7) is 3.53. The van der Waals surface area contributed by atoms with Crippen LogP contribution in [0.2, 0.25) is 0 Å². The van der Waals surface area contributed by atoms with E-state index in [9.17, 15) is 4.79 Å². The number of carbonyl (C=O) groups is 1. The summed E-state index contributed by atoms with van der Waals surface area (Å²) in [6, 6.07) is 3.63. The lowest BCUT2D eigenvalue weighted by Gasteiger charge is -2.17. The molecule has 90 valence electrons. The van der Waals surface area contributed by atoms with Gasteiger partial charge < -0.3 is 14.8 Å². The number of ether oxygens (including phenoxy) is 2. The maximum atomic E-state index is 11.1. The van der Waals surface area contributed by atoms with E-state index in [-0.39, 0.29) is 5.97 Å². The second-order valence-corrected chi connectivity index (χ2v) is 3.44. The molecular formula is C12H14N2O3. The minimum absolute atomic E-state index is 0.365. The van der Waals surface area contributed by atoms with Crippen molar-refractivity contribution >= 4 is 17.9 Å². The molecule has 0 atom stereocenters. The SMILES string of the molecule is CCOC(=O)/C=C/c1ccc2c(n1)NCCO2. The van der Waals surface area contributed by atoms with Crippen LogP contribution in [0.4, 0.5) is 5.82 Å². The van der Waals surface area contributed by atoms with Crippen molar-refractivity contribution in [1.82, 2.24) is 4.98 Å². The summed E-state index contributed by atoms with van der Waals surface area (Å²) < 4.78 is 10.2. The Hall–Kier alpha value is -2.04. The summed E-state index contributed by atoms with van der Waals surface area (Å²) in [5.41, 5.74) is 0.690. The molecule has 0 aromatic carbocycles. The number of carbonyl (C=O) groups excluding carboxylic acids is 1. The number of hydrogen-bond donors (Lipinski definition) is 1. The van der Waals surface area contributed by atoms with Gasteiger partial charge in [0, 0.05) is 6.08 Å². The minimum atomic E-state index is -0.365. The normalized spacial score (nSPS) is 13.7. The first-order valence-electron chi connectivity index (χ1n) is 5.52. The second-order valence-electron chi connectivity index (χ2n) is 3.44. The molecule has 0 spiro atoms. The molecule has 1 aliphatic rings. The maximum Gasteiger partial charge on any atom is 0.330 e. The van der Waals surface area contributed by atoms with Gasteiger partial charge in [-0.3, -0.25) is 0 Å². The van der Waals surface area contributed by atoms with Gasteiger partial charge in [0.25, 0.3) is 0 Å². The molecule has 17 heavy (non-hydrogen) atoms. The fourth-order valence-electron chi connectivity index (χ4n) is 1.47. The molecule has 1 N–H and O–H groups in total. The molecule has 0 saturated heterocycles. The van der Waals surface area contributed by atoms with Crippen molar-refractivity contribution in [3.05, 3.63) is 23.9 Å². The van der Waals surface area contributed by atoms with E-state index in [1.165, 1.54) is 6.08 Å². The number of rotatable bonds is 3. The number of pyridine rings is 1. The Morgan fingerprint density at radius 3 is 3.35 bits per heavy atom. The van der Waals surface area contributed by atoms with Crippen LogP contribution in [0.5, 0.6) is 5.75 Å². The first kappa shape index (κ1) is 11.4. The van der Waals surface area contributed by atoms with Crippen LogP contribution in [0, 0.1) is 0 Å². The summed E-state index contributed by atoms with van der Waals surface area (Å²) in [4.78, 5) is 15.4. The smallest absolute Gasteiger partial charge is 0.330 e. The van der Waals surface area contributed by atoms with Gasteiger partial charge in [0.2, 0.25) is 0 Å². The molecule has 0 radical (unpaired) electrons. The predicted octanol–water partition coefficient (Wildman–Crippen LogP) is 1.46. The molecule has 2 heterocycles. The van der Waals surface area contributed by atoms with Crippen LogP contribution in [0.15, 0.2) is 18.2 Å². The fraction of sp³-hybridized carbons (Fsp3) is 0.333. The Kier molecular flexibility index (Phi) is 3.59. The molecule has 1 aromatic heterocycles. The van der Waals surface area contributed by atoms with E-state index in [0.29, 0.717) is 24.7 Å². The third-order valence-corrected chi connectivity index (χ3v) is 2.21. The van der Waals surface area contributed by atoms with Gasteiger partial charge in [0.15, 0.2) is 11.6 Å². The number of aromatic nitrogens is 1. The Morgan fingerprint density at radius 2 is 2.53 bits per heavy atom. The van der Waals surface area contributed by atoms with Crippen LogP contribution in [0.25, 0.3) is 6.08 Å². The van der Waals surface area contributed by atoms with Crippen molar-refractivity contribution in [2.24, 2.45) is 0 Å². The number of esters is 1. The number of anilines is 1. The van der Waals surface area contributed by atoms with Crippen LogP contribution in [-0.2, 0) is 9.53 Å². The summed E-state index contributed by atoms with van der Waals surface area (Å²) in [5.74, 6) is 1.09. The molecule has 5 heteroatoms. The first-order valence-corrected chi connectivity index (χ1v) is 5.52. The molecule has 1 aromatic rings. The third kappa shape index (κ3) is 2.96. The zero-order valence-corrected chi connectivity index (χ0v) is 9.60. The van der Waals surface area contributed by atoms with Gasteiger partial charge in [-0.05, 0) is 25.1 Å². The average Bonchev–Trinajstić information content (AvgIpc) is 2.36. The highest BCUT2D eigenvalue weighted by atomic mass is 16.5. The summed E-state index contributed by atoms with van der Waals surface area (Å²) in [7, 11) is 0. The fourth-order valence-corrected chi connectivity index (χ4v) is 1.47. The van der Waals surface area contributed by atoms with Crippen molar-refractivity contribution in [3.8, 4) is 5.75 Å². The van der Waals surface area contributed by atoms with Crippen molar-refractivity contribution < 1.29 is 14.3 Å². The molecule has 2 rings (SSSR count). The van der Waals surface area contributed by atoms with E-state index >= 15 is 0 Å². The Labute approximate surface area is 99.4 Å². The molecule has 0 unspecified atom stereocenters. The lowest BCUT2D eigenvalue weighted by molar-refractivity contribution is -0.137. The van der Waals surface area contributed by atoms with Gasteiger partial charge in [-0.25, -0.2) is 9.78 Å². The lowest BCUT2D eigenvalue weighted by atomic mass is 10.3. The van der Waals surface area contributed by atoms with E-state index in [0.717, 1.165) is 12.3 Å². The van der Waals surface area contributed by atoms with Crippen LogP contribution < -0.4 is 10.1 Å². The molecular weight excluding hydrogens is 220 g/mol. The average molecular weight is 234 g/mol. The zero-order valence-electron chi connectivity index (χ0n) is 9.60. The Balaban J connectivity index is 2.09. The van der Waals surface area contributed by atoms with E-state index in [4.69, 9.17) is 9.47 Å². The van der Waals surface area contributed by atoms with Crippen LogP contribution >= 0.6 is 0 Å². The van der Waals surface area contributed by atoms with Gasteiger partial charge in [0.05, 0.1) is 18.8 Å².